The molecule has 1 aromatic carbocycles. The van der Waals surface area contributed by atoms with Gasteiger partial charge in [0.1, 0.15) is 11.5 Å². The van der Waals surface area contributed by atoms with Gasteiger partial charge in [-0.05, 0) is 24.5 Å². The van der Waals surface area contributed by atoms with Crippen LogP contribution in [0, 0.1) is 5.92 Å². The number of hydrogen-bond donors (Lipinski definition) is 2. The number of benzene rings is 1. The second-order valence-corrected chi connectivity index (χ2v) is 5.13. The van der Waals surface area contributed by atoms with Crippen molar-refractivity contribution in [2.75, 3.05) is 14.2 Å². The van der Waals surface area contributed by atoms with E-state index in [0.29, 0.717) is 30.4 Å². The molecule has 0 aliphatic rings. The highest BCUT2D eigenvalue weighted by atomic mass is 16.5. The number of rotatable bonds is 7. The molecule has 112 valence electrons. The number of nitrogens with one attached hydrogen (secondary N) is 1. The minimum absolute atomic E-state index is 0.142. The standard InChI is InChI=1S/C15H24N2O3/c1-10(2)7-13(16)15(18)17-9-11-5-6-12(19-3)8-14(11)20-4/h5-6,8,10,13H,7,9,16H2,1-4H3,(H,17,18). The fourth-order valence-electron chi connectivity index (χ4n) is 1.93. The Morgan fingerprint density at radius 1 is 1.30 bits per heavy atom. The Hall–Kier alpha value is -1.75. The SMILES string of the molecule is COc1ccc(CNC(=O)C(N)CC(C)C)c(OC)c1. The first-order valence-electron chi connectivity index (χ1n) is 6.72. The van der Waals surface area contributed by atoms with Crippen molar-refractivity contribution in [2.45, 2.75) is 32.9 Å². The maximum Gasteiger partial charge on any atom is 0.237 e. The van der Waals surface area contributed by atoms with Crippen LogP contribution in [0.2, 0.25) is 0 Å². The molecule has 1 unspecified atom stereocenters. The number of ether oxygens (including phenoxy) is 2. The topological polar surface area (TPSA) is 73.6 Å². The Morgan fingerprint density at radius 2 is 2.00 bits per heavy atom. The normalized spacial score (nSPS) is 12.1. The molecule has 0 aliphatic heterocycles. The zero-order chi connectivity index (χ0) is 15.1. The van der Waals surface area contributed by atoms with Crippen molar-refractivity contribution < 1.29 is 14.3 Å². The Labute approximate surface area is 120 Å². The van der Waals surface area contributed by atoms with Gasteiger partial charge in [0.05, 0.1) is 20.3 Å². The zero-order valence-electron chi connectivity index (χ0n) is 12.6. The summed E-state index contributed by atoms with van der Waals surface area (Å²) in [6.07, 6.45) is 0.672. The van der Waals surface area contributed by atoms with Gasteiger partial charge in [0, 0.05) is 18.2 Å². The maximum absolute atomic E-state index is 11.9. The Bertz CT molecular complexity index is 447. The first kappa shape index (κ1) is 16.3. The van der Waals surface area contributed by atoms with Crippen molar-refractivity contribution in [3.05, 3.63) is 23.8 Å². The molecular weight excluding hydrogens is 256 g/mol. The van der Waals surface area contributed by atoms with Gasteiger partial charge in [-0.3, -0.25) is 4.79 Å². The summed E-state index contributed by atoms with van der Waals surface area (Å²) in [6.45, 7) is 4.47. The molecule has 3 N–H and O–H groups in total. The average Bonchev–Trinajstić information content (AvgIpc) is 2.43. The van der Waals surface area contributed by atoms with E-state index < -0.39 is 6.04 Å². The fourth-order valence-corrected chi connectivity index (χ4v) is 1.93. The van der Waals surface area contributed by atoms with Crippen molar-refractivity contribution in [1.82, 2.24) is 5.32 Å². The molecule has 0 saturated carbocycles. The summed E-state index contributed by atoms with van der Waals surface area (Å²) in [5, 5.41) is 2.83. The third-order valence-corrected chi connectivity index (χ3v) is 3.01. The molecule has 1 rings (SSSR count). The van der Waals surface area contributed by atoms with Crippen molar-refractivity contribution in [3.63, 3.8) is 0 Å². The van der Waals surface area contributed by atoms with Gasteiger partial charge in [-0.25, -0.2) is 0 Å². The average molecular weight is 280 g/mol. The van der Waals surface area contributed by atoms with Crippen molar-refractivity contribution >= 4 is 5.91 Å². The second kappa shape index (κ2) is 7.75. The van der Waals surface area contributed by atoms with Gasteiger partial charge in [-0.15, -0.1) is 0 Å². The highest BCUT2D eigenvalue weighted by Gasteiger charge is 2.15. The first-order valence-corrected chi connectivity index (χ1v) is 6.72. The molecule has 0 spiro atoms. The number of methoxy groups -OCH3 is 2. The minimum Gasteiger partial charge on any atom is -0.497 e. The lowest BCUT2D eigenvalue weighted by Crippen LogP contribution is -2.41. The molecule has 0 heterocycles. The molecule has 5 nitrogen and oxygen atoms in total. The number of amides is 1. The van der Waals surface area contributed by atoms with Crippen LogP contribution in [-0.4, -0.2) is 26.2 Å². The quantitative estimate of drug-likeness (QED) is 0.797. The van der Waals surface area contributed by atoms with Crippen LogP contribution < -0.4 is 20.5 Å². The van der Waals surface area contributed by atoms with E-state index in [-0.39, 0.29) is 5.91 Å². The molecule has 0 fully saturated rings. The van der Waals surface area contributed by atoms with Crippen molar-refractivity contribution in [2.24, 2.45) is 11.7 Å². The molecule has 1 atom stereocenters. The van der Waals surface area contributed by atoms with Crippen LogP contribution in [0.15, 0.2) is 18.2 Å². The van der Waals surface area contributed by atoms with Crippen LogP contribution in [0.5, 0.6) is 11.5 Å². The van der Waals surface area contributed by atoms with Gasteiger partial charge in [-0.1, -0.05) is 13.8 Å². The number of carbonyl (C=O) groups excluding carboxylic acids is 1. The number of carbonyl (C=O) groups is 1. The zero-order valence-corrected chi connectivity index (χ0v) is 12.6. The summed E-state index contributed by atoms with van der Waals surface area (Å²) >= 11 is 0. The van der Waals surface area contributed by atoms with E-state index in [1.165, 1.54) is 0 Å². The van der Waals surface area contributed by atoms with Crippen LogP contribution in [0.1, 0.15) is 25.8 Å². The lowest BCUT2D eigenvalue weighted by molar-refractivity contribution is -0.122. The van der Waals surface area contributed by atoms with E-state index in [4.69, 9.17) is 15.2 Å². The molecule has 0 aromatic heterocycles. The van der Waals surface area contributed by atoms with Crippen LogP contribution in [0.3, 0.4) is 0 Å². The van der Waals surface area contributed by atoms with Crippen LogP contribution >= 0.6 is 0 Å². The van der Waals surface area contributed by atoms with Gasteiger partial charge < -0.3 is 20.5 Å². The van der Waals surface area contributed by atoms with Gasteiger partial charge in [0.25, 0.3) is 0 Å². The fraction of sp³-hybridized carbons (Fsp3) is 0.533. The van der Waals surface area contributed by atoms with E-state index in [0.717, 1.165) is 5.56 Å². The first-order chi connectivity index (χ1) is 9.47. The summed E-state index contributed by atoms with van der Waals surface area (Å²) < 4.78 is 10.4. The Kier molecular flexibility index (Phi) is 6.31. The second-order valence-electron chi connectivity index (χ2n) is 5.13. The molecule has 1 aromatic rings. The molecule has 20 heavy (non-hydrogen) atoms. The molecule has 0 saturated heterocycles. The number of nitrogens with two attached hydrogens (primary N) is 1. The predicted molar refractivity (Wildman–Crippen MR) is 78.8 cm³/mol. The molecule has 1 amide bonds. The molecule has 5 heteroatoms. The summed E-state index contributed by atoms with van der Waals surface area (Å²) in [7, 11) is 3.19. The van der Waals surface area contributed by atoms with E-state index in [1.54, 1.807) is 20.3 Å². The van der Waals surface area contributed by atoms with Crippen molar-refractivity contribution in [3.8, 4) is 11.5 Å². The smallest absolute Gasteiger partial charge is 0.237 e. The summed E-state index contributed by atoms with van der Waals surface area (Å²) in [5.74, 6) is 1.65. The highest BCUT2D eigenvalue weighted by molar-refractivity contribution is 5.81. The minimum atomic E-state index is -0.473. The molecule has 0 bridgehead atoms. The monoisotopic (exact) mass is 280 g/mol. The summed E-state index contributed by atoms with van der Waals surface area (Å²) in [5.41, 5.74) is 6.72. The largest absolute Gasteiger partial charge is 0.497 e. The van der Waals surface area contributed by atoms with E-state index in [1.807, 2.05) is 26.0 Å². The summed E-state index contributed by atoms with van der Waals surface area (Å²) in [4.78, 5) is 11.9. The molecule has 0 aliphatic carbocycles. The molecular formula is C15H24N2O3. The third-order valence-electron chi connectivity index (χ3n) is 3.01. The van der Waals surface area contributed by atoms with E-state index >= 15 is 0 Å². The van der Waals surface area contributed by atoms with Crippen LogP contribution in [0.4, 0.5) is 0 Å². The Morgan fingerprint density at radius 3 is 2.55 bits per heavy atom. The van der Waals surface area contributed by atoms with Crippen LogP contribution in [0.25, 0.3) is 0 Å². The van der Waals surface area contributed by atoms with Gasteiger partial charge in [0.2, 0.25) is 5.91 Å². The van der Waals surface area contributed by atoms with Crippen LogP contribution in [-0.2, 0) is 11.3 Å². The lowest BCUT2D eigenvalue weighted by Gasteiger charge is -2.15. The maximum atomic E-state index is 11.9. The van der Waals surface area contributed by atoms with E-state index in [9.17, 15) is 4.79 Å². The van der Waals surface area contributed by atoms with Gasteiger partial charge >= 0.3 is 0 Å². The molecule has 0 radical (unpaired) electrons. The van der Waals surface area contributed by atoms with Gasteiger partial charge in [0.15, 0.2) is 0 Å². The third kappa shape index (κ3) is 4.74. The van der Waals surface area contributed by atoms with Crippen molar-refractivity contribution in [1.29, 1.82) is 0 Å². The van der Waals surface area contributed by atoms with E-state index in [2.05, 4.69) is 5.32 Å². The summed E-state index contributed by atoms with van der Waals surface area (Å²) in [6, 6.07) is 5.01. The van der Waals surface area contributed by atoms with Gasteiger partial charge in [-0.2, -0.15) is 0 Å². The predicted octanol–water partition coefficient (Wildman–Crippen LogP) is 1.69. The Balaban J connectivity index is 2.63. The lowest BCUT2D eigenvalue weighted by atomic mass is 10.0. The number of hydrogen-bond acceptors (Lipinski definition) is 4. The highest BCUT2D eigenvalue weighted by Crippen LogP contribution is 2.24.